The molecule has 2 saturated carbocycles. The van der Waals surface area contributed by atoms with E-state index in [4.69, 9.17) is 4.74 Å². The van der Waals surface area contributed by atoms with Crippen LogP contribution in [-0.2, 0) is 20.7 Å². The number of rotatable bonds is 7. The summed E-state index contributed by atoms with van der Waals surface area (Å²) in [5, 5.41) is 15.0. The maximum Gasteiger partial charge on any atom is 0.226 e. The highest BCUT2D eigenvalue weighted by Crippen LogP contribution is 2.55. The maximum atomic E-state index is 13.5. The summed E-state index contributed by atoms with van der Waals surface area (Å²) >= 11 is 0. The molecule has 1 aliphatic heterocycles. The molecule has 6 heteroatoms. The quantitative estimate of drug-likeness (QED) is 0.617. The fourth-order valence-electron chi connectivity index (χ4n) is 7.47. The first-order valence-corrected chi connectivity index (χ1v) is 13.6. The van der Waals surface area contributed by atoms with Crippen LogP contribution in [0.1, 0.15) is 64.9 Å². The Morgan fingerprint density at radius 2 is 1.91 bits per heavy atom. The van der Waals surface area contributed by atoms with Crippen LogP contribution in [0, 0.1) is 29.1 Å². The fourth-order valence-corrected chi connectivity index (χ4v) is 7.47. The van der Waals surface area contributed by atoms with Gasteiger partial charge in [0.05, 0.1) is 25.2 Å². The zero-order valence-corrected chi connectivity index (χ0v) is 21.9. The number of hydrogen-bond donors (Lipinski definition) is 2. The van der Waals surface area contributed by atoms with Crippen LogP contribution >= 0.6 is 0 Å². The normalized spacial score (nSPS) is 35.9. The molecule has 0 radical (unpaired) electrons. The zero-order valence-electron chi connectivity index (χ0n) is 21.9. The lowest BCUT2D eigenvalue weighted by Gasteiger charge is -2.56. The fraction of sp³-hybridized carbons (Fsp3) is 0.724. The third kappa shape index (κ3) is 5.43. The molecule has 1 aromatic rings. The van der Waals surface area contributed by atoms with Gasteiger partial charge in [0.15, 0.2) is 0 Å². The van der Waals surface area contributed by atoms with Gasteiger partial charge in [0, 0.05) is 25.6 Å². The van der Waals surface area contributed by atoms with E-state index in [1.807, 2.05) is 42.2 Å². The molecule has 0 aromatic heterocycles. The topological polar surface area (TPSA) is 78.9 Å². The molecule has 3 aliphatic rings. The van der Waals surface area contributed by atoms with Crippen molar-refractivity contribution >= 4 is 11.8 Å². The van der Waals surface area contributed by atoms with Gasteiger partial charge < -0.3 is 20.1 Å². The molecule has 3 fully saturated rings. The minimum absolute atomic E-state index is 0.0419. The first-order chi connectivity index (χ1) is 16.7. The number of carbonyl (C=O) groups excluding carboxylic acids is 2. The molecule has 1 aromatic carbocycles. The monoisotopic (exact) mass is 484 g/mol. The minimum atomic E-state index is -0.542. The number of nitrogens with zero attached hydrogens (tertiary/aromatic N) is 1. The van der Waals surface area contributed by atoms with E-state index in [1.165, 1.54) is 0 Å². The maximum absolute atomic E-state index is 13.5. The van der Waals surface area contributed by atoms with E-state index in [0.29, 0.717) is 13.0 Å². The largest absolute Gasteiger partial charge is 0.392 e. The standard InChI is InChI=1S/C29H44N2O4/c1-19(28(34)31-16-8-11-22(31)18-35-4)23-12-14-29(3)15-13-24(20(2)26(29)27(23)33)30-25(32)17-21-9-6-5-7-10-21/h5-7,9-10,19-20,22-24,26-27,33H,8,11-18H2,1-4H3,(H,30,32). The van der Waals surface area contributed by atoms with Crippen LogP contribution in [0.4, 0.5) is 0 Å². The van der Waals surface area contributed by atoms with Gasteiger partial charge in [0.25, 0.3) is 0 Å². The van der Waals surface area contributed by atoms with E-state index in [9.17, 15) is 14.7 Å². The third-order valence-electron chi connectivity index (χ3n) is 9.49. The number of fused-ring (bicyclic) bond motifs is 1. The molecule has 194 valence electrons. The van der Waals surface area contributed by atoms with Crippen molar-refractivity contribution in [2.45, 2.75) is 83.9 Å². The highest BCUT2D eigenvalue weighted by molar-refractivity contribution is 5.80. The Morgan fingerprint density at radius 1 is 1.20 bits per heavy atom. The highest BCUT2D eigenvalue weighted by atomic mass is 16.5. The van der Waals surface area contributed by atoms with E-state index >= 15 is 0 Å². The van der Waals surface area contributed by atoms with Crippen LogP contribution in [0.3, 0.4) is 0 Å². The van der Waals surface area contributed by atoms with Crippen molar-refractivity contribution in [2.24, 2.45) is 29.1 Å². The van der Waals surface area contributed by atoms with Gasteiger partial charge in [-0.25, -0.2) is 0 Å². The van der Waals surface area contributed by atoms with Crippen LogP contribution in [-0.4, -0.2) is 60.3 Å². The predicted molar refractivity (Wildman–Crippen MR) is 137 cm³/mol. The summed E-state index contributed by atoms with van der Waals surface area (Å²) in [5.74, 6) is 0.161. The van der Waals surface area contributed by atoms with E-state index < -0.39 is 6.10 Å². The summed E-state index contributed by atoms with van der Waals surface area (Å²) in [6.45, 7) is 7.86. The number of carbonyl (C=O) groups is 2. The summed E-state index contributed by atoms with van der Waals surface area (Å²) in [4.78, 5) is 28.3. The van der Waals surface area contributed by atoms with Crippen molar-refractivity contribution < 1.29 is 19.4 Å². The van der Waals surface area contributed by atoms with Crippen LogP contribution in [0.5, 0.6) is 0 Å². The first-order valence-electron chi connectivity index (χ1n) is 13.6. The van der Waals surface area contributed by atoms with Crippen LogP contribution in [0.2, 0.25) is 0 Å². The van der Waals surface area contributed by atoms with E-state index in [2.05, 4.69) is 19.2 Å². The lowest BCUT2D eigenvalue weighted by Crippen LogP contribution is -2.59. The minimum Gasteiger partial charge on any atom is -0.392 e. The van der Waals surface area contributed by atoms with Crippen LogP contribution < -0.4 is 5.32 Å². The number of aliphatic hydroxyl groups excluding tert-OH is 1. The summed E-state index contributed by atoms with van der Waals surface area (Å²) in [7, 11) is 1.69. The molecule has 6 nitrogen and oxygen atoms in total. The van der Waals surface area contributed by atoms with Gasteiger partial charge in [0.2, 0.25) is 11.8 Å². The van der Waals surface area contributed by atoms with Gasteiger partial charge >= 0.3 is 0 Å². The third-order valence-corrected chi connectivity index (χ3v) is 9.49. The second kappa shape index (κ2) is 11.0. The predicted octanol–water partition coefficient (Wildman–Crippen LogP) is 3.81. The molecular formula is C29H44N2O4. The highest BCUT2D eigenvalue weighted by Gasteiger charge is 2.54. The smallest absolute Gasteiger partial charge is 0.226 e. The van der Waals surface area contributed by atoms with E-state index in [-0.39, 0.29) is 53.0 Å². The number of methoxy groups -OCH3 is 1. The number of nitrogens with one attached hydrogen (secondary N) is 1. The van der Waals surface area contributed by atoms with Crippen molar-refractivity contribution in [1.82, 2.24) is 10.2 Å². The van der Waals surface area contributed by atoms with Crippen molar-refractivity contribution in [1.29, 1.82) is 0 Å². The molecule has 8 unspecified atom stereocenters. The van der Waals surface area contributed by atoms with Crippen molar-refractivity contribution in [3.8, 4) is 0 Å². The molecule has 1 saturated heterocycles. The molecule has 2 amide bonds. The number of hydrogen-bond acceptors (Lipinski definition) is 4. The summed E-state index contributed by atoms with van der Waals surface area (Å²) < 4.78 is 5.35. The average Bonchev–Trinajstić information content (AvgIpc) is 3.29. The van der Waals surface area contributed by atoms with Gasteiger partial charge in [-0.2, -0.15) is 0 Å². The van der Waals surface area contributed by atoms with Crippen LogP contribution in [0.15, 0.2) is 30.3 Å². The molecule has 0 spiro atoms. The Balaban J connectivity index is 1.43. The first kappa shape index (κ1) is 26.2. The Hall–Kier alpha value is -1.92. The van der Waals surface area contributed by atoms with Gasteiger partial charge in [0.1, 0.15) is 0 Å². The molecule has 8 atom stereocenters. The van der Waals surface area contributed by atoms with Gasteiger partial charge in [-0.3, -0.25) is 9.59 Å². The number of ether oxygens (including phenoxy) is 1. The summed E-state index contributed by atoms with van der Waals surface area (Å²) in [6, 6.07) is 10.0. The molecule has 1 heterocycles. The number of benzene rings is 1. The molecule has 35 heavy (non-hydrogen) atoms. The Labute approximate surface area is 210 Å². The van der Waals surface area contributed by atoms with E-state index in [1.54, 1.807) is 7.11 Å². The van der Waals surface area contributed by atoms with Crippen molar-refractivity contribution in [3.05, 3.63) is 35.9 Å². The second-order valence-electron chi connectivity index (χ2n) is 11.7. The zero-order chi connectivity index (χ0) is 25.2. The Kier molecular flexibility index (Phi) is 8.22. The SMILES string of the molecule is COCC1CCCN1C(=O)C(C)C1CCC2(C)CCC(NC(=O)Cc3ccccc3)C(C)C2C1O. The second-order valence-corrected chi connectivity index (χ2v) is 11.7. The number of amides is 2. The molecule has 2 N–H and O–H groups in total. The van der Waals surface area contributed by atoms with Gasteiger partial charge in [-0.1, -0.05) is 51.1 Å². The summed E-state index contributed by atoms with van der Waals surface area (Å²) in [6.07, 6.45) is 5.67. The molecule has 4 rings (SSSR count). The van der Waals surface area contributed by atoms with Crippen molar-refractivity contribution in [2.75, 3.05) is 20.3 Å². The van der Waals surface area contributed by atoms with Gasteiger partial charge in [-0.05, 0) is 67.3 Å². The average molecular weight is 485 g/mol. The van der Waals surface area contributed by atoms with Crippen molar-refractivity contribution in [3.63, 3.8) is 0 Å². The summed E-state index contributed by atoms with van der Waals surface area (Å²) in [5.41, 5.74) is 1.06. The van der Waals surface area contributed by atoms with Gasteiger partial charge in [-0.15, -0.1) is 0 Å². The Morgan fingerprint density at radius 3 is 2.63 bits per heavy atom. The lowest BCUT2D eigenvalue weighted by atomic mass is 9.51. The lowest BCUT2D eigenvalue weighted by molar-refractivity contribution is -0.152. The number of likely N-dealkylation sites (tertiary alicyclic amines) is 1. The number of aliphatic hydroxyl groups is 1. The molecule has 0 bridgehead atoms. The van der Waals surface area contributed by atoms with E-state index in [0.717, 1.165) is 50.6 Å². The molecule has 2 aliphatic carbocycles. The Bertz CT molecular complexity index is 877. The van der Waals surface area contributed by atoms with Crippen LogP contribution in [0.25, 0.3) is 0 Å². The molecular weight excluding hydrogens is 440 g/mol.